The van der Waals surface area contributed by atoms with Crippen LogP contribution >= 0.6 is 0 Å². The molecule has 2 aromatic rings. The molecule has 0 bridgehead atoms. The first-order valence-corrected chi connectivity index (χ1v) is 11.1. The smallest absolute Gasteiger partial charge is 0.152 e. The molecule has 0 aromatic heterocycles. The summed E-state index contributed by atoms with van der Waals surface area (Å²) in [7, 11) is 0. The fraction of sp³-hybridized carbons (Fsp3) is 0.500. The Bertz CT molecular complexity index is 829. The second kappa shape index (κ2) is 10.4. The highest BCUT2D eigenvalue weighted by Crippen LogP contribution is 2.38. The summed E-state index contributed by atoms with van der Waals surface area (Å²) in [5.41, 5.74) is 2.60. The van der Waals surface area contributed by atoms with Crippen LogP contribution in [-0.4, -0.2) is 6.61 Å². The molecule has 0 spiro atoms. The maximum atomic E-state index is 14.9. The summed E-state index contributed by atoms with van der Waals surface area (Å²) in [5.74, 6) is 1.33. The Kier molecular flexibility index (Phi) is 7.69. The molecule has 0 unspecified atom stereocenters. The van der Waals surface area contributed by atoms with E-state index in [9.17, 15) is 9.65 Å². The molecule has 0 saturated heterocycles. The van der Waals surface area contributed by atoms with Crippen molar-refractivity contribution in [3.05, 3.63) is 53.3 Å². The van der Waals surface area contributed by atoms with Crippen LogP contribution < -0.4 is 4.74 Å². The van der Waals surface area contributed by atoms with Gasteiger partial charge < -0.3 is 4.74 Å². The first kappa shape index (κ1) is 21.4. The van der Waals surface area contributed by atoms with E-state index in [1.54, 1.807) is 12.1 Å². The van der Waals surface area contributed by atoms with Crippen molar-refractivity contribution in [3.8, 4) is 22.9 Å². The van der Waals surface area contributed by atoms with E-state index >= 15 is 0 Å². The fourth-order valence-electron chi connectivity index (χ4n) is 4.56. The lowest BCUT2D eigenvalue weighted by atomic mass is 9.77. The third-order valence-corrected chi connectivity index (χ3v) is 6.27. The van der Waals surface area contributed by atoms with Gasteiger partial charge in [0.15, 0.2) is 5.82 Å². The van der Waals surface area contributed by atoms with Gasteiger partial charge in [-0.1, -0.05) is 56.9 Å². The second-order valence-corrected chi connectivity index (χ2v) is 8.18. The van der Waals surface area contributed by atoms with Crippen LogP contribution in [0.4, 0.5) is 4.39 Å². The predicted octanol–water partition coefficient (Wildman–Crippen LogP) is 7.62. The zero-order valence-electron chi connectivity index (χ0n) is 17.7. The Morgan fingerprint density at radius 2 is 1.72 bits per heavy atom. The van der Waals surface area contributed by atoms with Gasteiger partial charge in [0.05, 0.1) is 6.61 Å². The lowest BCUT2D eigenvalue weighted by Gasteiger charge is -2.29. The van der Waals surface area contributed by atoms with Crippen LogP contribution in [0.1, 0.15) is 82.3 Å². The van der Waals surface area contributed by atoms with Gasteiger partial charge in [-0.15, -0.1) is 0 Å². The SMILES string of the molecule is CCCCCC1CCC(c2ccc(-c3ccc(OCC)c(C#N)c3F)cc2)CC1. The van der Waals surface area contributed by atoms with E-state index in [2.05, 4.69) is 19.1 Å². The molecule has 0 heterocycles. The first-order chi connectivity index (χ1) is 14.2. The molecule has 0 aliphatic heterocycles. The Morgan fingerprint density at radius 1 is 1.00 bits per heavy atom. The summed E-state index contributed by atoms with van der Waals surface area (Å²) < 4.78 is 20.2. The van der Waals surface area contributed by atoms with E-state index in [1.165, 1.54) is 56.9 Å². The van der Waals surface area contributed by atoms with Gasteiger partial charge in [0.25, 0.3) is 0 Å². The van der Waals surface area contributed by atoms with Crippen LogP contribution in [0.2, 0.25) is 0 Å². The minimum atomic E-state index is -0.501. The van der Waals surface area contributed by atoms with E-state index in [1.807, 2.05) is 25.1 Å². The summed E-state index contributed by atoms with van der Waals surface area (Å²) in [6.07, 6.45) is 10.6. The number of halogens is 1. The van der Waals surface area contributed by atoms with Crippen molar-refractivity contribution in [2.24, 2.45) is 5.92 Å². The topological polar surface area (TPSA) is 33.0 Å². The van der Waals surface area contributed by atoms with E-state index in [0.29, 0.717) is 23.8 Å². The van der Waals surface area contributed by atoms with Gasteiger partial charge in [-0.2, -0.15) is 5.26 Å². The third-order valence-electron chi connectivity index (χ3n) is 6.27. The summed E-state index contributed by atoms with van der Waals surface area (Å²) in [4.78, 5) is 0. The molecule has 1 aliphatic carbocycles. The predicted molar refractivity (Wildman–Crippen MR) is 117 cm³/mol. The van der Waals surface area contributed by atoms with Gasteiger partial charge in [-0.05, 0) is 67.7 Å². The molecule has 154 valence electrons. The number of benzene rings is 2. The van der Waals surface area contributed by atoms with E-state index in [-0.39, 0.29) is 5.56 Å². The second-order valence-electron chi connectivity index (χ2n) is 8.18. The quantitative estimate of drug-likeness (QED) is 0.432. The largest absolute Gasteiger partial charge is 0.492 e. The first-order valence-electron chi connectivity index (χ1n) is 11.1. The normalized spacial score (nSPS) is 19.0. The van der Waals surface area contributed by atoms with Crippen molar-refractivity contribution in [1.29, 1.82) is 5.26 Å². The molecule has 0 amide bonds. The van der Waals surface area contributed by atoms with Crippen LogP contribution in [0, 0.1) is 23.1 Å². The highest BCUT2D eigenvalue weighted by molar-refractivity contribution is 5.68. The van der Waals surface area contributed by atoms with Crippen LogP contribution in [-0.2, 0) is 0 Å². The number of nitrogens with zero attached hydrogens (tertiary/aromatic N) is 1. The molecule has 3 rings (SSSR count). The Labute approximate surface area is 174 Å². The van der Waals surface area contributed by atoms with E-state index in [4.69, 9.17) is 4.74 Å². The van der Waals surface area contributed by atoms with Crippen molar-refractivity contribution in [2.75, 3.05) is 6.61 Å². The number of nitriles is 1. The molecule has 29 heavy (non-hydrogen) atoms. The molecule has 1 fully saturated rings. The van der Waals surface area contributed by atoms with E-state index in [0.717, 1.165) is 11.5 Å². The van der Waals surface area contributed by atoms with Crippen molar-refractivity contribution < 1.29 is 9.13 Å². The molecule has 3 heteroatoms. The number of hydrogen-bond acceptors (Lipinski definition) is 2. The Balaban J connectivity index is 1.68. The maximum Gasteiger partial charge on any atom is 0.152 e. The average molecular weight is 394 g/mol. The Morgan fingerprint density at radius 3 is 2.34 bits per heavy atom. The summed E-state index contributed by atoms with van der Waals surface area (Å²) >= 11 is 0. The number of unbranched alkanes of at least 4 members (excludes halogenated alkanes) is 2. The summed E-state index contributed by atoms with van der Waals surface area (Å²) in [6.45, 7) is 4.49. The number of ether oxygens (including phenoxy) is 1. The van der Waals surface area contributed by atoms with E-state index < -0.39 is 5.82 Å². The lowest BCUT2D eigenvalue weighted by Crippen LogP contribution is -2.13. The standard InChI is InChI=1S/C26H32FNO/c1-3-5-6-7-19-8-10-20(11-9-19)21-12-14-22(15-13-21)23-16-17-25(29-4-2)24(18-28)26(23)27/h12-17,19-20H,3-11H2,1-2H3. The lowest BCUT2D eigenvalue weighted by molar-refractivity contribution is 0.303. The highest BCUT2D eigenvalue weighted by Gasteiger charge is 2.22. The summed E-state index contributed by atoms with van der Waals surface area (Å²) in [6, 6.07) is 13.6. The number of rotatable bonds is 8. The zero-order chi connectivity index (χ0) is 20.6. The van der Waals surface area contributed by atoms with Crippen LogP contribution in [0.5, 0.6) is 5.75 Å². The van der Waals surface area contributed by atoms with Crippen molar-refractivity contribution in [1.82, 2.24) is 0 Å². The number of hydrogen-bond donors (Lipinski definition) is 0. The van der Waals surface area contributed by atoms with Crippen molar-refractivity contribution >= 4 is 0 Å². The van der Waals surface area contributed by atoms with Gasteiger partial charge in [0.1, 0.15) is 17.4 Å². The molecular weight excluding hydrogens is 361 g/mol. The minimum Gasteiger partial charge on any atom is -0.492 e. The summed E-state index contributed by atoms with van der Waals surface area (Å²) in [5, 5.41) is 9.33. The molecule has 1 saturated carbocycles. The molecule has 2 aromatic carbocycles. The zero-order valence-corrected chi connectivity index (χ0v) is 17.7. The molecule has 0 N–H and O–H groups in total. The highest BCUT2D eigenvalue weighted by atomic mass is 19.1. The molecule has 2 nitrogen and oxygen atoms in total. The molecule has 0 atom stereocenters. The van der Waals surface area contributed by atoms with Gasteiger partial charge >= 0.3 is 0 Å². The van der Waals surface area contributed by atoms with Crippen molar-refractivity contribution in [3.63, 3.8) is 0 Å². The van der Waals surface area contributed by atoms with Crippen LogP contribution in [0.15, 0.2) is 36.4 Å². The molecule has 1 aliphatic rings. The van der Waals surface area contributed by atoms with Crippen LogP contribution in [0.25, 0.3) is 11.1 Å². The Hall–Kier alpha value is -2.34. The molecular formula is C26H32FNO. The monoisotopic (exact) mass is 393 g/mol. The molecule has 0 radical (unpaired) electrons. The average Bonchev–Trinajstić information content (AvgIpc) is 2.75. The van der Waals surface area contributed by atoms with Crippen molar-refractivity contribution in [2.45, 2.75) is 71.1 Å². The minimum absolute atomic E-state index is 0.0187. The van der Waals surface area contributed by atoms with Gasteiger partial charge in [0, 0.05) is 5.56 Å². The fourth-order valence-corrected chi connectivity index (χ4v) is 4.56. The van der Waals surface area contributed by atoms with Gasteiger partial charge in [-0.3, -0.25) is 0 Å². The third kappa shape index (κ3) is 5.18. The van der Waals surface area contributed by atoms with Gasteiger partial charge in [0.2, 0.25) is 0 Å². The maximum absolute atomic E-state index is 14.9. The van der Waals surface area contributed by atoms with Crippen LogP contribution in [0.3, 0.4) is 0 Å². The van der Waals surface area contributed by atoms with Gasteiger partial charge in [-0.25, -0.2) is 4.39 Å².